The van der Waals surface area contributed by atoms with Crippen molar-refractivity contribution in [2.75, 3.05) is 18.6 Å². The highest BCUT2D eigenvalue weighted by Crippen LogP contribution is 2.35. The standard InChI is InChI=1S/C25H20F3N3O4S/c1-3-22-29-20(15-36-22)23(32)31(17-11-18(34-2)13-19(12-17)35-25(26,27)28)21-9-10-30(24(21)33)14-16-7-5-4-6-8-16/h1,4-8,11-13,15,21H,9-10,14H2,2H3. The highest BCUT2D eigenvalue weighted by atomic mass is 32.1. The molecule has 36 heavy (non-hydrogen) atoms. The molecule has 1 aliphatic heterocycles. The lowest BCUT2D eigenvalue weighted by Crippen LogP contribution is -2.45. The topological polar surface area (TPSA) is 72.0 Å². The van der Waals surface area contributed by atoms with Gasteiger partial charge < -0.3 is 14.4 Å². The zero-order valence-electron chi connectivity index (χ0n) is 19.0. The molecule has 0 aliphatic carbocycles. The van der Waals surface area contributed by atoms with Gasteiger partial charge in [-0.3, -0.25) is 14.5 Å². The summed E-state index contributed by atoms with van der Waals surface area (Å²) in [5, 5.41) is 1.70. The van der Waals surface area contributed by atoms with E-state index in [9.17, 15) is 22.8 Å². The molecule has 0 bridgehead atoms. The zero-order chi connectivity index (χ0) is 25.9. The fourth-order valence-corrected chi connectivity index (χ4v) is 4.53. The Bertz CT molecular complexity index is 1300. The molecule has 1 atom stereocenters. The molecule has 1 saturated heterocycles. The van der Waals surface area contributed by atoms with Gasteiger partial charge in [-0.25, -0.2) is 4.98 Å². The average molecular weight is 516 g/mol. The van der Waals surface area contributed by atoms with Gasteiger partial charge in [0.05, 0.1) is 12.8 Å². The molecule has 186 valence electrons. The molecule has 11 heteroatoms. The molecule has 0 N–H and O–H groups in total. The molecular formula is C25H20F3N3O4S. The number of benzene rings is 2. The number of hydrogen-bond acceptors (Lipinski definition) is 6. The van der Waals surface area contributed by atoms with Crippen molar-refractivity contribution < 1.29 is 32.2 Å². The van der Waals surface area contributed by atoms with E-state index in [-0.39, 0.29) is 34.5 Å². The lowest BCUT2D eigenvalue weighted by Gasteiger charge is -2.28. The highest BCUT2D eigenvalue weighted by molar-refractivity contribution is 7.10. The highest BCUT2D eigenvalue weighted by Gasteiger charge is 2.40. The number of rotatable bonds is 7. The number of aromatic nitrogens is 1. The van der Waals surface area contributed by atoms with Crippen LogP contribution in [0.4, 0.5) is 18.9 Å². The summed E-state index contributed by atoms with van der Waals surface area (Å²) in [5.41, 5.74) is 0.877. The third kappa shape index (κ3) is 5.60. The second kappa shape index (κ2) is 10.3. The number of halogens is 3. The Balaban J connectivity index is 1.73. The first-order chi connectivity index (χ1) is 17.2. The number of anilines is 1. The van der Waals surface area contributed by atoms with Crippen LogP contribution in [0.25, 0.3) is 0 Å². The largest absolute Gasteiger partial charge is 0.573 e. The number of alkyl halides is 3. The minimum Gasteiger partial charge on any atom is -0.497 e. The van der Waals surface area contributed by atoms with E-state index in [0.29, 0.717) is 13.1 Å². The van der Waals surface area contributed by atoms with Gasteiger partial charge in [0.1, 0.15) is 23.2 Å². The van der Waals surface area contributed by atoms with Crippen LogP contribution >= 0.6 is 11.3 Å². The van der Waals surface area contributed by atoms with Crippen LogP contribution in [-0.2, 0) is 11.3 Å². The Labute approximate surface area is 209 Å². The molecule has 2 amide bonds. The number of carbonyl (C=O) groups excluding carboxylic acids is 2. The van der Waals surface area contributed by atoms with Gasteiger partial charge in [-0.1, -0.05) is 30.3 Å². The molecule has 4 rings (SSSR count). The van der Waals surface area contributed by atoms with Crippen molar-refractivity contribution in [3.8, 4) is 23.8 Å². The number of ether oxygens (including phenoxy) is 2. The Kier molecular flexibility index (Phi) is 7.17. The number of hydrogen-bond donors (Lipinski definition) is 0. The van der Waals surface area contributed by atoms with Crippen LogP contribution in [0.5, 0.6) is 11.5 Å². The van der Waals surface area contributed by atoms with Crippen LogP contribution in [-0.4, -0.2) is 47.8 Å². The Morgan fingerprint density at radius 2 is 1.97 bits per heavy atom. The number of terminal acetylenes is 1. The van der Waals surface area contributed by atoms with Gasteiger partial charge in [-0.05, 0) is 17.9 Å². The van der Waals surface area contributed by atoms with Crippen molar-refractivity contribution in [1.29, 1.82) is 0 Å². The fraction of sp³-hybridized carbons (Fsp3) is 0.240. The van der Waals surface area contributed by atoms with E-state index in [1.54, 1.807) is 4.90 Å². The van der Waals surface area contributed by atoms with Gasteiger partial charge in [0.2, 0.25) is 5.91 Å². The van der Waals surface area contributed by atoms with Crippen molar-refractivity contribution in [2.45, 2.75) is 25.4 Å². The first kappa shape index (κ1) is 25.1. The van der Waals surface area contributed by atoms with E-state index in [2.05, 4.69) is 15.6 Å². The van der Waals surface area contributed by atoms with Crippen LogP contribution < -0.4 is 14.4 Å². The van der Waals surface area contributed by atoms with Crippen LogP contribution in [0, 0.1) is 12.3 Å². The van der Waals surface area contributed by atoms with E-state index in [1.165, 1.54) is 18.6 Å². The summed E-state index contributed by atoms with van der Waals surface area (Å²) >= 11 is 1.07. The van der Waals surface area contributed by atoms with Crippen molar-refractivity contribution >= 4 is 28.8 Å². The van der Waals surface area contributed by atoms with Gasteiger partial charge in [0.15, 0.2) is 5.01 Å². The first-order valence-electron chi connectivity index (χ1n) is 10.7. The number of amides is 2. The normalized spacial score (nSPS) is 15.5. The van der Waals surface area contributed by atoms with Gasteiger partial charge in [-0.2, -0.15) is 0 Å². The lowest BCUT2D eigenvalue weighted by molar-refractivity contribution is -0.274. The van der Waals surface area contributed by atoms with Crippen molar-refractivity contribution in [3.63, 3.8) is 0 Å². The third-order valence-corrected chi connectivity index (χ3v) is 6.25. The summed E-state index contributed by atoms with van der Waals surface area (Å²) in [6.45, 7) is 0.682. The maximum absolute atomic E-state index is 13.6. The minimum absolute atomic E-state index is 0.00577. The number of thiazole rings is 1. The summed E-state index contributed by atoms with van der Waals surface area (Å²) in [6.07, 6.45) is 0.668. The molecule has 3 aromatic rings. The Morgan fingerprint density at radius 3 is 2.61 bits per heavy atom. The molecule has 2 heterocycles. The van der Waals surface area contributed by atoms with E-state index >= 15 is 0 Å². The summed E-state index contributed by atoms with van der Waals surface area (Å²) in [4.78, 5) is 33.9. The van der Waals surface area contributed by atoms with E-state index < -0.39 is 24.1 Å². The molecule has 1 unspecified atom stereocenters. The third-order valence-electron chi connectivity index (χ3n) is 5.47. The second-order valence-electron chi connectivity index (χ2n) is 7.82. The molecule has 1 fully saturated rings. The van der Waals surface area contributed by atoms with Crippen LogP contribution in [0.2, 0.25) is 0 Å². The van der Waals surface area contributed by atoms with Gasteiger partial charge >= 0.3 is 6.36 Å². The maximum Gasteiger partial charge on any atom is 0.573 e. The van der Waals surface area contributed by atoms with Crippen molar-refractivity contribution in [2.24, 2.45) is 0 Å². The summed E-state index contributed by atoms with van der Waals surface area (Å²) in [7, 11) is 1.27. The average Bonchev–Trinajstić information content (AvgIpc) is 3.46. The summed E-state index contributed by atoms with van der Waals surface area (Å²) < 4.78 is 48.1. The van der Waals surface area contributed by atoms with Crippen LogP contribution in [0.3, 0.4) is 0 Å². The molecule has 0 spiro atoms. The quantitative estimate of drug-likeness (QED) is 0.434. The molecule has 1 aliphatic rings. The lowest BCUT2D eigenvalue weighted by atomic mass is 10.1. The van der Waals surface area contributed by atoms with E-state index in [4.69, 9.17) is 11.2 Å². The maximum atomic E-state index is 13.6. The smallest absolute Gasteiger partial charge is 0.497 e. The minimum atomic E-state index is -4.97. The molecule has 0 saturated carbocycles. The van der Waals surface area contributed by atoms with Crippen molar-refractivity contribution in [3.05, 3.63) is 70.2 Å². The number of carbonyl (C=O) groups is 2. The molecular weight excluding hydrogens is 495 g/mol. The van der Waals surface area contributed by atoms with Gasteiger partial charge in [0.25, 0.3) is 5.91 Å². The van der Waals surface area contributed by atoms with E-state index in [1.807, 2.05) is 30.3 Å². The Hall–Kier alpha value is -4.04. The summed E-state index contributed by atoms with van der Waals surface area (Å²) in [5.74, 6) is 0.734. The Morgan fingerprint density at radius 1 is 1.25 bits per heavy atom. The molecule has 1 aromatic heterocycles. The van der Waals surface area contributed by atoms with Crippen LogP contribution in [0.1, 0.15) is 27.5 Å². The van der Waals surface area contributed by atoms with Crippen LogP contribution in [0.15, 0.2) is 53.9 Å². The van der Waals surface area contributed by atoms with Gasteiger partial charge in [-0.15, -0.1) is 30.9 Å². The second-order valence-corrected chi connectivity index (χ2v) is 8.68. The first-order valence-corrected chi connectivity index (χ1v) is 11.6. The van der Waals surface area contributed by atoms with E-state index in [0.717, 1.165) is 33.9 Å². The molecule has 0 radical (unpaired) electrons. The monoisotopic (exact) mass is 515 g/mol. The number of likely N-dealkylation sites (tertiary alicyclic amines) is 1. The summed E-state index contributed by atoms with van der Waals surface area (Å²) in [6, 6.07) is 11.8. The van der Waals surface area contributed by atoms with Gasteiger partial charge in [0, 0.05) is 36.7 Å². The van der Waals surface area contributed by atoms with Crippen molar-refractivity contribution in [1.82, 2.24) is 9.88 Å². The zero-order valence-corrected chi connectivity index (χ0v) is 19.8. The number of methoxy groups -OCH3 is 1. The molecule has 7 nitrogen and oxygen atoms in total. The number of nitrogens with zero attached hydrogens (tertiary/aromatic N) is 3. The predicted octanol–water partition coefficient (Wildman–Crippen LogP) is 4.48. The fourth-order valence-electron chi connectivity index (χ4n) is 3.93. The predicted molar refractivity (Wildman–Crippen MR) is 127 cm³/mol. The SMILES string of the molecule is C#Cc1nc(C(=O)N(c2cc(OC)cc(OC(F)(F)F)c2)C2CCN(Cc3ccccc3)C2=O)cs1. The molecule has 2 aromatic carbocycles.